The summed E-state index contributed by atoms with van der Waals surface area (Å²) in [5.74, 6) is 0.627. The highest BCUT2D eigenvalue weighted by Crippen LogP contribution is 2.31. The van der Waals surface area contributed by atoms with Crippen molar-refractivity contribution in [1.29, 1.82) is 0 Å². The van der Waals surface area contributed by atoms with Gasteiger partial charge in [-0.1, -0.05) is 31.4 Å². The van der Waals surface area contributed by atoms with Crippen molar-refractivity contribution < 1.29 is 14.3 Å². The van der Waals surface area contributed by atoms with Gasteiger partial charge in [0.15, 0.2) is 6.61 Å². The van der Waals surface area contributed by atoms with Crippen LogP contribution < -0.4 is 20.3 Å². The predicted octanol–water partition coefficient (Wildman–Crippen LogP) is 2.37. The molecule has 2 N–H and O–H groups in total. The van der Waals surface area contributed by atoms with Crippen molar-refractivity contribution in [2.75, 3.05) is 18.1 Å². The number of amides is 2. The third-order valence-electron chi connectivity index (χ3n) is 6.05. The van der Waals surface area contributed by atoms with E-state index >= 15 is 0 Å². The number of carbonyl (C=O) groups is 2. The summed E-state index contributed by atoms with van der Waals surface area (Å²) in [6.45, 7) is 0.424. The Kier molecular flexibility index (Phi) is 5.62. The average Bonchev–Trinajstić information content (AvgIpc) is 2.69. The van der Waals surface area contributed by atoms with E-state index in [9.17, 15) is 9.59 Å². The summed E-state index contributed by atoms with van der Waals surface area (Å²) in [7, 11) is 0. The third-order valence-corrected chi connectivity index (χ3v) is 6.05. The molecule has 0 aromatic heterocycles. The number of hydrogen-bond acceptors (Lipinski definition) is 4. The molecule has 1 aliphatic heterocycles. The van der Waals surface area contributed by atoms with Crippen molar-refractivity contribution in [3.8, 4) is 5.75 Å². The molecule has 3 aliphatic rings. The van der Waals surface area contributed by atoms with E-state index in [2.05, 4.69) is 10.6 Å². The highest BCUT2D eigenvalue weighted by Gasteiger charge is 2.34. The van der Waals surface area contributed by atoms with Gasteiger partial charge in [0.05, 0.1) is 5.69 Å². The second-order valence-electron chi connectivity index (χ2n) is 7.91. The van der Waals surface area contributed by atoms with Gasteiger partial charge in [0, 0.05) is 31.1 Å². The molecule has 0 bridgehead atoms. The molecular weight excluding hydrogens is 342 g/mol. The zero-order valence-corrected chi connectivity index (χ0v) is 15.8. The number of fused-ring (bicyclic) bond motifs is 1. The Labute approximate surface area is 160 Å². The van der Waals surface area contributed by atoms with Crippen LogP contribution in [0.15, 0.2) is 24.3 Å². The predicted molar refractivity (Wildman–Crippen MR) is 104 cm³/mol. The lowest BCUT2D eigenvalue weighted by molar-refractivity contribution is -0.123. The summed E-state index contributed by atoms with van der Waals surface area (Å²) in [6.07, 6.45) is 8.99. The second-order valence-corrected chi connectivity index (χ2v) is 7.91. The molecule has 6 heteroatoms. The first kappa shape index (κ1) is 18.3. The van der Waals surface area contributed by atoms with Crippen LogP contribution in [0.3, 0.4) is 0 Å². The molecule has 1 aromatic rings. The van der Waals surface area contributed by atoms with Crippen molar-refractivity contribution in [3.05, 3.63) is 24.3 Å². The largest absolute Gasteiger partial charge is 0.482 e. The lowest BCUT2D eigenvalue weighted by atomic mass is 9.84. The average molecular weight is 371 g/mol. The molecule has 0 radical (unpaired) electrons. The summed E-state index contributed by atoms with van der Waals surface area (Å²) in [5, 5.41) is 6.90. The van der Waals surface area contributed by atoms with Gasteiger partial charge in [-0.25, -0.2) is 0 Å². The first-order chi connectivity index (χ1) is 13.2. The summed E-state index contributed by atoms with van der Waals surface area (Å²) in [5.41, 5.74) is 0.752. The molecule has 0 unspecified atom stereocenters. The molecule has 0 spiro atoms. The van der Waals surface area contributed by atoms with E-state index in [1.807, 2.05) is 24.3 Å². The number of ether oxygens (including phenoxy) is 1. The van der Waals surface area contributed by atoms with Crippen LogP contribution in [0, 0.1) is 0 Å². The fraction of sp³-hybridized carbons (Fsp3) is 0.619. The number of para-hydroxylation sites is 2. The standard InChI is InChI=1S/C21H29N3O3/c25-20(23-17-11-10-16(17)22-15-6-2-1-3-7-15)12-13-24-18-8-4-5-9-19(18)27-14-21(24)26/h4-5,8-9,15-17,22H,1-3,6-7,10-14H2,(H,23,25)/t16-,17+/m1/s1. The van der Waals surface area contributed by atoms with Crippen molar-refractivity contribution in [2.45, 2.75) is 69.5 Å². The van der Waals surface area contributed by atoms with Gasteiger partial charge in [0.25, 0.3) is 5.91 Å². The smallest absolute Gasteiger partial charge is 0.265 e. The Morgan fingerprint density at radius 2 is 1.85 bits per heavy atom. The Balaban J connectivity index is 1.26. The summed E-state index contributed by atoms with van der Waals surface area (Å²) in [6, 6.07) is 8.73. The molecular formula is C21H29N3O3. The molecule has 0 saturated heterocycles. The first-order valence-corrected chi connectivity index (χ1v) is 10.3. The molecule has 2 fully saturated rings. The van der Waals surface area contributed by atoms with Gasteiger partial charge in [0.2, 0.25) is 5.91 Å². The fourth-order valence-corrected chi connectivity index (χ4v) is 4.34. The van der Waals surface area contributed by atoms with E-state index in [0.29, 0.717) is 30.8 Å². The number of carbonyl (C=O) groups excluding carboxylic acids is 2. The maximum Gasteiger partial charge on any atom is 0.265 e. The molecule has 6 nitrogen and oxygen atoms in total. The number of benzene rings is 1. The van der Waals surface area contributed by atoms with Crippen LogP contribution in [0.4, 0.5) is 5.69 Å². The molecule has 2 aliphatic carbocycles. The number of anilines is 1. The third kappa shape index (κ3) is 4.26. The van der Waals surface area contributed by atoms with Crippen LogP contribution in [0.1, 0.15) is 51.4 Å². The van der Waals surface area contributed by atoms with Crippen molar-refractivity contribution in [2.24, 2.45) is 0 Å². The van der Waals surface area contributed by atoms with Gasteiger partial charge < -0.3 is 20.3 Å². The Morgan fingerprint density at radius 3 is 2.63 bits per heavy atom. The topological polar surface area (TPSA) is 70.7 Å². The van der Waals surface area contributed by atoms with Gasteiger partial charge in [-0.3, -0.25) is 9.59 Å². The lowest BCUT2D eigenvalue weighted by Crippen LogP contribution is -2.59. The quantitative estimate of drug-likeness (QED) is 0.805. The minimum atomic E-state index is -0.0954. The van der Waals surface area contributed by atoms with E-state index in [1.165, 1.54) is 32.1 Å². The zero-order valence-electron chi connectivity index (χ0n) is 15.8. The second kappa shape index (κ2) is 8.30. The molecule has 146 valence electrons. The van der Waals surface area contributed by atoms with E-state index in [4.69, 9.17) is 4.74 Å². The van der Waals surface area contributed by atoms with Gasteiger partial charge in [0.1, 0.15) is 5.75 Å². The highest BCUT2D eigenvalue weighted by atomic mass is 16.5. The van der Waals surface area contributed by atoms with Gasteiger partial charge in [-0.05, 0) is 37.8 Å². The van der Waals surface area contributed by atoms with Crippen LogP contribution in [-0.2, 0) is 9.59 Å². The molecule has 2 amide bonds. The fourth-order valence-electron chi connectivity index (χ4n) is 4.34. The van der Waals surface area contributed by atoms with Crippen LogP contribution in [-0.4, -0.2) is 43.1 Å². The number of nitrogens with zero attached hydrogens (tertiary/aromatic N) is 1. The van der Waals surface area contributed by atoms with E-state index in [0.717, 1.165) is 18.5 Å². The van der Waals surface area contributed by atoms with Crippen LogP contribution >= 0.6 is 0 Å². The molecule has 2 saturated carbocycles. The Morgan fingerprint density at radius 1 is 1.07 bits per heavy atom. The Bertz CT molecular complexity index is 687. The summed E-state index contributed by atoms with van der Waals surface area (Å²) < 4.78 is 5.45. The molecule has 4 rings (SSSR count). The van der Waals surface area contributed by atoms with Crippen LogP contribution in [0.2, 0.25) is 0 Å². The van der Waals surface area contributed by atoms with Crippen molar-refractivity contribution in [1.82, 2.24) is 10.6 Å². The van der Waals surface area contributed by atoms with E-state index in [-0.39, 0.29) is 24.5 Å². The van der Waals surface area contributed by atoms with Gasteiger partial charge >= 0.3 is 0 Å². The lowest BCUT2D eigenvalue weighted by Gasteiger charge is -2.41. The van der Waals surface area contributed by atoms with Crippen molar-refractivity contribution >= 4 is 17.5 Å². The minimum absolute atomic E-state index is 0.0203. The minimum Gasteiger partial charge on any atom is -0.482 e. The SMILES string of the molecule is O=C(CCN1C(=O)COc2ccccc21)N[C@H]1CC[C@H]1NC1CCCCC1. The van der Waals surface area contributed by atoms with Crippen molar-refractivity contribution in [3.63, 3.8) is 0 Å². The summed E-state index contributed by atoms with van der Waals surface area (Å²) in [4.78, 5) is 26.3. The number of rotatable bonds is 6. The maximum absolute atomic E-state index is 12.4. The van der Waals surface area contributed by atoms with E-state index < -0.39 is 0 Å². The summed E-state index contributed by atoms with van der Waals surface area (Å²) >= 11 is 0. The van der Waals surface area contributed by atoms with Crippen LogP contribution in [0.25, 0.3) is 0 Å². The monoisotopic (exact) mass is 371 g/mol. The van der Waals surface area contributed by atoms with Crippen LogP contribution in [0.5, 0.6) is 5.75 Å². The highest BCUT2D eigenvalue weighted by molar-refractivity contribution is 5.98. The Hall–Kier alpha value is -2.08. The maximum atomic E-state index is 12.4. The van der Waals surface area contributed by atoms with Gasteiger partial charge in [-0.2, -0.15) is 0 Å². The normalized spacial score (nSPS) is 25.3. The number of nitrogens with one attached hydrogen (secondary N) is 2. The molecule has 1 aromatic carbocycles. The van der Waals surface area contributed by atoms with Gasteiger partial charge in [-0.15, -0.1) is 0 Å². The molecule has 1 heterocycles. The zero-order chi connectivity index (χ0) is 18.6. The number of hydrogen-bond donors (Lipinski definition) is 2. The first-order valence-electron chi connectivity index (χ1n) is 10.3. The molecule has 2 atom stereocenters. The molecule has 27 heavy (non-hydrogen) atoms. The van der Waals surface area contributed by atoms with E-state index in [1.54, 1.807) is 4.90 Å².